The maximum Gasteiger partial charge on any atom is 0.247 e. The van der Waals surface area contributed by atoms with Gasteiger partial charge in [0.05, 0.1) is 18.5 Å². The van der Waals surface area contributed by atoms with Crippen molar-refractivity contribution in [3.63, 3.8) is 0 Å². The Morgan fingerprint density at radius 1 is 1.34 bits per heavy atom. The van der Waals surface area contributed by atoms with Gasteiger partial charge in [0.2, 0.25) is 11.8 Å². The topological polar surface area (TPSA) is 108 Å². The minimum atomic E-state index is -1.75. The fourth-order valence-electron chi connectivity index (χ4n) is 3.72. The zero-order valence-corrected chi connectivity index (χ0v) is 16.5. The molecule has 0 radical (unpaired) electrons. The van der Waals surface area contributed by atoms with Gasteiger partial charge in [-0.2, -0.15) is 9.97 Å². The number of imidazole rings is 1. The Morgan fingerprint density at radius 3 is 2.72 bits per heavy atom. The molecule has 1 aliphatic heterocycles. The van der Waals surface area contributed by atoms with Crippen LogP contribution in [0.25, 0.3) is 11.2 Å². The molecular formula is C20H24FN5O3. The first-order chi connectivity index (χ1) is 13.8. The molecule has 0 aliphatic carbocycles. The lowest BCUT2D eigenvalue weighted by Gasteiger charge is -2.25. The number of nitrogens with two attached hydrogens (primary N) is 1. The van der Waals surface area contributed by atoms with E-state index in [1.54, 1.807) is 13.8 Å². The van der Waals surface area contributed by atoms with Crippen molar-refractivity contribution in [2.45, 2.75) is 51.5 Å². The number of nitrogens with zero attached hydrogens (tertiary/aromatic N) is 4. The highest BCUT2D eigenvalue weighted by molar-refractivity contribution is 5.77. The van der Waals surface area contributed by atoms with Gasteiger partial charge < -0.3 is 20.3 Å². The lowest BCUT2D eigenvalue weighted by molar-refractivity contribution is -0.0762. The molecule has 2 aromatic heterocycles. The third-order valence-electron chi connectivity index (χ3n) is 5.51. The number of halogens is 1. The van der Waals surface area contributed by atoms with E-state index in [1.807, 2.05) is 30.3 Å². The van der Waals surface area contributed by atoms with E-state index in [0.717, 1.165) is 5.56 Å². The molecule has 154 valence electrons. The molecule has 3 heterocycles. The minimum absolute atomic E-state index is 0.0130. The van der Waals surface area contributed by atoms with Gasteiger partial charge in [0.25, 0.3) is 0 Å². The lowest BCUT2D eigenvalue weighted by Crippen LogP contribution is -2.35. The number of aliphatic hydroxyl groups excluding tert-OH is 1. The maximum absolute atomic E-state index is 15.6. The Bertz CT molecular complexity index is 1010. The number of hydrogen-bond donors (Lipinski definition) is 2. The number of benzene rings is 1. The van der Waals surface area contributed by atoms with Crippen molar-refractivity contribution in [2.75, 3.05) is 5.73 Å². The third kappa shape index (κ3) is 3.40. The molecule has 1 aliphatic rings. The summed E-state index contributed by atoms with van der Waals surface area (Å²) in [5.74, 6) is -0.326. The fraction of sp³-hybridized carbons (Fsp3) is 0.450. The monoisotopic (exact) mass is 401 g/mol. The van der Waals surface area contributed by atoms with Crippen LogP contribution in [-0.4, -0.2) is 42.5 Å². The van der Waals surface area contributed by atoms with Crippen molar-refractivity contribution in [2.24, 2.45) is 5.92 Å². The van der Waals surface area contributed by atoms with Crippen molar-refractivity contribution in [1.29, 1.82) is 0 Å². The van der Waals surface area contributed by atoms with Crippen LogP contribution in [0.3, 0.4) is 0 Å². The van der Waals surface area contributed by atoms with Crippen LogP contribution in [-0.2, 0) is 11.3 Å². The third-order valence-corrected chi connectivity index (χ3v) is 5.51. The number of nitrogen functional groups attached to an aromatic ring is 1. The fourth-order valence-corrected chi connectivity index (χ4v) is 3.72. The number of ether oxygens (including phenoxy) is 2. The zero-order chi connectivity index (χ0) is 20.8. The number of alkyl halides is 1. The molecule has 5 atom stereocenters. The number of aromatic nitrogens is 4. The molecule has 1 fully saturated rings. The molecule has 0 bridgehead atoms. The Kier molecular flexibility index (Phi) is 4.87. The van der Waals surface area contributed by atoms with Crippen LogP contribution in [0.2, 0.25) is 0 Å². The molecular weight excluding hydrogens is 377 g/mol. The normalized spacial score (nSPS) is 28.0. The molecule has 3 aromatic rings. The molecule has 1 unspecified atom stereocenters. The van der Waals surface area contributed by atoms with Gasteiger partial charge in [0.15, 0.2) is 23.1 Å². The predicted octanol–water partition coefficient (Wildman–Crippen LogP) is 2.63. The summed E-state index contributed by atoms with van der Waals surface area (Å²) in [6.07, 6.45) is -1.04. The first kappa shape index (κ1) is 19.5. The molecule has 1 aromatic carbocycles. The van der Waals surface area contributed by atoms with Gasteiger partial charge in [-0.05, 0) is 19.4 Å². The van der Waals surface area contributed by atoms with Crippen LogP contribution < -0.4 is 10.5 Å². The summed E-state index contributed by atoms with van der Waals surface area (Å²) < 4.78 is 28.7. The van der Waals surface area contributed by atoms with E-state index in [9.17, 15) is 5.11 Å². The number of hydrogen-bond acceptors (Lipinski definition) is 7. The van der Waals surface area contributed by atoms with E-state index in [2.05, 4.69) is 15.0 Å². The van der Waals surface area contributed by atoms with E-state index >= 15 is 4.39 Å². The van der Waals surface area contributed by atoms with E-state index in [1.165, 1.54) is 17.8 Å². The highest BCUT2D eigenvalue weighted by Gasteiger charge is 2.54. The van der Waals surface area contributed by atoms with Gasteiger partial charge in [0.1, 0.15) is 6.61 Å². The lowest BCUT2D eigenvalue weighted by atomic mass is 9.88. The first-order valence-electron chi connectivity index (χ1n) is 9.48. The minimum Gasteiger partial charge on any atom is -0.471 e. The van der Waals surface area contributed by atoms with Crippen LogP contribution in [0, 0.1) is 5.92 Å². The smallest absolute Gasteiger partial charge is 0.247 e. The highest BCUT2D eigenvalue weighted by atomic mass is 19.1. The van der Waals surface area contributed by atoms with Crippen LogP contribution >= 0.6 is 0 Å². The second-order valence-electron chi connectivity index (χ2n) is 7.62. The number of rotatable bonds is 5. The summed E-state index contributed by atoms with van der Waals surface area (Å²) in [6, 6.07) is 9.61. The molecule has 1 saturated heterocycles. The Morgan fingerprint density at radius 2 is 2.07 bits per heavy atom. The van der Waals surface area contributed by atoms with Crippen molar-refractivity contribution in [1.82, 2.24) is 19.5 Å². The molecule has 0 spiro atoms. The van der Waals surface area contributed by atoms with Gasteiger partial charge in [-0.25, -0.2) is 9.37 Å². The number of aliphatic hydroxyl groups is 1. The summed E-state index contributed by atoms with van der Waals surface area (Å²) in [6.45, 7) is 5.03. The first-order valence-corrected chi connectivity index (χ1v) is 9.48. The van der Waals surface area contributed by atoms with Gasteiger partial charge in [-0.15, -0.1) is 0 Å². The van der Waals surface area contributed by atoms with Crippen LogP contribution in [0.4, 0.5) is 10.3 Å². The predicted molar refractivity (Wildman–Crippen MR) is 105 cm³/mol. The van der Waals surface area contributed by atoms with E-state index in [4.69, 9.17) is 15.2 Å². The molecule has 9 heteroatoms. The standard InChI is InChI=1S/C20H24FN5O3/c1-11-15(12(2)27)29-18(20(11,3)21)26-10-23-14-16(26)24-19(22)25-17(14)28-9-13-7-5-4-6-8-13/h4-8,10-12,15,18,27H,9H2,1-3H3,(H2,22,24,25)/t11-,12?,15+,18-,20-/m1/s1. The van der Waals surface area contributed by atoms with Gasteiger partial charge >= 0.3 is 0 Å². The van der Waals surface area contributed by atoms with Gasteiger partial charge in [-0.3, -0.25) is 4.57 Å². The van der Waals surface area contributed by atoms with Crippen molar-refractivity contribution in [3.8, 4) is 5.88 Å². The molecule has 8 nitrogen and oxygen atoms in total. The van der Waals surface area contributed by atoms with Crippen molar-refractivity contribution < 1.29 is 19.0 Å². The van der Waals surface area contributed by atoms with Gasteiger partial charge in [-0.1, -0.05) is 37.3 Å². The van der Waals surface area contributed by atoms with Crippen LogP contribution in [0.15, 0.2) is 36.7 Å². The Hall–Kier alpha value is -2.78. The summed E-state index contributed by atoms with van der Waals surface area (Å²) in [4.78, 5) is 12.7. The van der Waals surface area contributed by atoms with E-state index < -0.39 is 30.0 Å². The number of fused-ring (bicyclic) bond motifs is 1. The Balaban J connectivity index is 1.70. The van der Waals surface area contributed by atoms with Crippen molar-refractivity contribution in [3.05, 3.63) is 42.2 Å². The van der Waals surface area contributed by atoms with Crippen LogP contribution in [0.5, 0.6) is 5.88 Å². The Labute approximate surface area is 167 Å². The summed E-state index contributed by atoms with van der Waals surface area (Å²) in [5.41, 5.74) is 5.76. The summed E-state index contributed by atoms with van der Waals surface area (Å²) in [5, 5.41) is 9.97. The molecule has 0 saturated carbocycles. The molecule has 29 heavy (non-hydrogen) atoms. The maximum atomic E-state index is 15.6. The number of anilines is 1. The molecule has 3 N–H and O–H groups in total. The molecule has 4 rings (SSSR count). The average Bonchev–Trinajstić information content (AvgIpc) is 3.19. The van der Waals surface area contributed by atoms with Gasteiger partial charge in [0, 0.05) is 5.92 Å². The second kappa shape index (κ2) is 7.23. The SMILES string of the molecule is CC(O)[C@H]1O[C@@H](n2cnc3c(OCc4ccccc4)nc(N)nc32)[C@](C)(F)[C@@H]1C. The summed E-state index contributed by atoms with van der Waals surface area (Å²) in [7, 11) is 0. The second-order valence-corrected chi connectivity index (χ2v) is 7.62. The quantitative estimate of drug-likeness (QED) is 0.676. The average molecular weight is 401 g/mol. The van der Waals surface area contributed by atoms with E-state index in [-0.39, 0.29) is 18.4 Å². The van der Waals surface area contributed by atoms with E-state index in [0.29, 0.717) is 11.2 Å². The summed E-state index contributed by atoms with van der Waals surface area (Å²) >= 11 is 0. The van der Waals surface area contributed by atoms with Crippen LogP contribution in [0.1, 0.15) is 32.6 Å². The molecule has 0 amide bonds. The largest absolute Gasteiger partial charge is 0.471 e. The van der Waals surface area contributed by atoms with Crippen molar-refractivity contribution >= 4 is 17.1 Å². The zero-order valence-electron chi connectivity index (χ0n) is 16.5. The highest BCUT2D eigenvalue weighted by Crippen LogP contribution is 2.47.